The molecule has 0 amide bonds. The van der Waals surface area contributed by atoms with Gasteiger partial charge in [-0.1, -0.05) is 50.3 Å². The van der Waals surface area contributed by atoms with Gasteiger partial charge >= 0.3 is 0 Å². The van der Waals surface area contributed by atoms with E-state index in [1.54, 1.807) is 6.08 Å². The van der Waals surface area contributed by atoms with Crippen LogP contribution in [0, 0.1) is 13.5 Å². The Labute approximate surface area is 74.9 Å². The molecule has 0 aliphatic carbocycles. The molecule has 63 valence electrons. The van der Waals surface area contributed by atoms with Crippen molar-refractivity contribution in [1.82, 2.24) is 0 Å². The molecule has 0 bridgehead atoms. The quantitative estimate of drug-likeness (QED) is 0.619. The highest BCUT2D eigenvalue weighted by Gasteiger charge is 2.02. The van der Waals surface area contributed by atoms with E-state index in [2.05, 4.69) is 39.0 Å². The van der Waals surface area contributed by atoms with E-state index >= 15 is 0 Å². The van der Waals surface area contributed by atoms with E-state index < -0.39 is 0 Å². The second kappa shape index (κ2) is 3.57. The molecule has 1 aromatic carbocycles. The molecule has 0 aliphatic rings. The summed E-state index contributed by atoms with van der Waals surface area (Å²) in [5.74, 6) is 0.542. The molecule has 0 aliphatic heterocycles. The van der Waals surface area contributed by atoms with Gasteiger partial charge in [-0.25, -0.2) is 0 Å². The second-order valence-electron chi connectivity index (χ2n) is 3.45. The van der Waals surface area contributed by atoms with Crippen LogP contribution in [-0.2, 0) is 0 Å². The summed E-state index contributed by atoms with van der Waals surface area (Å²) >= 11 is 0. The summed E-state index contributed by atoms with van der Waals surface area (Å²) in [6.45, 7) is 12.0. The molecule has 0 N–H and O–H groups in total. The fourth-order valence-electron chi connectivity index (χ4n) is 1.36. The van der Waals surface area contributed by atoms with Gasteiger partial charge in [-0.2, -0.15) is 0 Å². The van der Waals surface area contributed by atoms with Crippen LogP contribution in [-0.4, -0.2) is 0 Å². The first-order valence-electron chi connectivity index (χ1n) is 4.30. The molecule has 0 fully saturated rings. The molecule has 0 spiro atoms. The van der Waals surface area contributed by atoms with Crippen molar-refractivity contribution < 1.29 is 0 Å². The van der Waals surface area contributed by atoms with Crippen LogP contribution >= 0.6 is 0 Å². The fraction of sp³-hybridized carbons (Fsp3) is 0.333. The molecule has 0 saturated heterocycles. The molecule has 0 atom stereocenters. The van der Waals surface area contributed by atoms with E-state index in [4.69, 9.17) is 6.58 Å². The number of hydrogen-bond donors (Lipinski definition) is 0. The molecular weight excluding hydrogens is 144 g/mol. The SMILES string of the molecule is [CH]=Cc1cc(C)ccc1C(C)C. The summed E-state index contributed by atoms with van der Waals surface area (Å²) in [7, 11) is 0. The van der Waals surface area contributed by atoms with Crippen molar-refractivity contribution in [3.63, 3.8) is 0 Å². The Morgan fingerprint density at radius 2 is 2.00 bits per heavy atom. The Kier molecular flexibility index (Phi) is 2.69. The van der Waals surface area contributed by atoms with E-state index in [1.807, 2.05) is 0 Å². The third-order valence-electron chi connectivity index (χ3n) is 2.04. The zero-order valence-corrected chi connectivity index (χ0v) is 7.96. The van der Waals surface area contributed by atoms with Gasteiger partial charge in [0.2, 0.25) is 0 Å². The summed E-state index contributed by atoms with van der Waals surface area (Å²) in [4.78, 5) is 0. The Morgan fingerprint density at radius 3 is 2.50 bits per heavy atom. The summed E-state index contributed by atoms with van der Waals surface area (Å²) in [6, 6.07) is 6.40. The number of hydrogen-bond acceptors (Lipinski definition) is 0. The largest absolute Gasteiger partial charge is 0.0616 e. The summed E-state index contributed by atoms with van der Waals surface area (Å²) in [6.07, 6.45) is 1.68. The van der Waals surface area contributed by atoms with Crippen molar-refractivity contribution in [2.24, 2.45) is 0 Å². The lowest BCUT2D eigenvalue weighted by Crippen LogP contribution is -1.91. The van der Waals surface area contributed by atoms with Crippen molar-refractivity contribution in [2.45, 2.75) is 26.7 Å². The topological polar surface area (TPSA) is 0 Å². The zero-order valence-electron chi connectivity index (χ0n) is 7.96. The maximum Gasteiger partial charge on any atom is -0.0213 e. The minimum Gasteiger partial charge on any atom is -0.0616 e. The van der Waals surface area contributed by atoms with Crippen LogP contribution in [0.3, 0.4) is 0 Å². The number of aryl methyl sites for hydroxylation is 1. The van der Waals surface area contributed by atoms with Crippen LogP contribution in [0.2, 0.25) is 0 Å². The molecule has 0 heterocycles. The molecule has 1 rings (SSSR count). The lowest BCUT2D eigenvalue weighted by molar-refractivity contribution is 0.863. The van der Waals surface area contributed by atoms with Crippen molar-refractivity contribution in [3.8, 4) is 0 Å². The molecule has 0 heteroatoms. The van der Waals surface area contributed by atoms with Gasteiger partial charge in [0.25, 0.3) is 0 Å². The first-order valence-corrected chi connectivity index (χ1v) is 4.30. The third kappa shape index (κ3) is 1.76. The predicted molar refractivity (Wildman–Crippen MR) is 54.0 cm³/mol. The minimum atomic E-state index is 0.542. The Hall–Kier alpha value is -1.04. The monoisotopic (exact) mass is 159 g/mol. The van der Waals surface area contributed by atoms with Gasteiger partial charge in [0.1, 0.15) is 0 Å². The smallest absolute Gasteiger partial charge is 0.0213 e. The van der Waals surface area contributed by atoms with E-state index in [1.165, 1.54) is 11.1 Å². The van der Waals surface area contributed by atoms with E-state index in [0.29, 0.717) is 5.92 Å². The Balaban J connectivity index is 3.20. The molecule has 0 saturated carbocycles. The maximum absolute atomic E-state index is 5.53. The summed E-state index contributed by atoms with van der Waals surface area (Å²) in [5, 5.41) is 0. The van der Waals surface area contributed by atoms with Gasteiger partial charge in [-0.15, -0.1) is 0 Å². The lowest BCUT2D eigenvalue weighted by Gasteiger charge is -2.09. The lowest BCUT2D eigenvalue weighted by atomic mass is 9.96. The predicted octanol–water partition coefficient (Wildman–Crippen LogP) is 3.56. The van der Waals surface area contributed by atoms with Gasteiger partial charge in [-0.3, -0.25) is 0 Å². The fourth-order valence-corrected chi connectivity index (χ4v) is 1.36. The Morgan fingerprint density at radius 1 is 1.33 bits per heavy atom. The van der Waals surface area contributed by atoms with Crippen molar-refractivity contribution in [3.05, 3.63) is 41.5 Å². The van der Waals surface area contributed by atoms with Crippen LogP contribution in [0.4, 0.5) is 0 Å². The zero-order chi connectivity index (χ0) is 9.14. The third-order valence-corrected chi connectivity index (χ3v) is 2.04. The average molecular weight is 159 g/mol. The molecule has 1 radical (unpaired) electrons. The summed E-state index contributed by atoms with van der Waals surface area (Å²) < 4.78 is 0. The number of rotatable bonds is 2. The highest BCUT2D eigenvalue weighted by molar-refractivity contribution is 5.53. The molecule has 12 heavy (non-hydrogen) atoms. The van der Waals surface area contributed by atoms with Crippen LogP contribution in [0.5, 0.6) is 0 Å². The highest BCUT2D eigenvalue weighted by atomic mass is 14.1. The highest BCUT2D eigenvalue weighted by Crippen LogP contribution is 2.21. The molecule has 1 aromatic rings. The van der Waals surface area contributed by atoms with Crippen molar-refractivity contribution in [2.75, 3.05) is 0 Å². The summed E-state index contributed by atoms with van der Waals surface area (Å²) in [5.41, 5.74) is 3.74. The molecule has 0 nitrogen and oxygen atoms in total. The normalized spacial score (nSPS) is 10.3. The second-order valence-corrected chi connectivity index (χ2v) is 3.45. The molecule has 0 unspecified atom stereocenters. The molecular formula is C12H15. The van der Waals surface area contributed by atoms with Gasteiger partial charge in [0.15, 0.2) is 0 Å². The van der Waals surface area contributed by atoms with E-state index in [0.717, 1.165) is 5.56 Å². The van der Waals surface area contributed by atoms with Gasteiger partial charge in [-0.05, 0) is 24.0 Å². The first-order chi connectivity index (χ1) is 5.65. The average Bonchev–Trinajstić information content (AvgIpc) is 2.03. The van der Waals surface area contributed by atoms with Gasteiger partial charge in [0.05, 0.1) is 0 Å². The van der Waals surface area contributed by atoms with Crippen LogP contribution < -0.4 is 0 Å². The van der Waals surface area contributed by atoms with Crippen LogP contribution in [0.1, 0.15) is 36.5 Å². The van der Waals surface area contributed by atoms with E-state index in [-0.39, 0.29) is 0 Å². The standard InChI is InChI=1S/C12H15/c1-5-11-8-10(4)6-7-12(11)9(2)3/h1,5-9H,2-4H3. The molecule has 0 aromatic heterocycles. The van der Waals surface area contributed by atoms with Crippen molar-refractivity contribution >= 4 is 6.08 Å². The Bertz CT molecular complexity index is 282. The number of benzene rings is 1. The van der Waals surface area contributed by atoms with Crippen LogP contribution in [0.25, 0.3) is 6.08 Å². The van der Waals surface area contributed by atoms with Gasteiger partial charge in [0, 0.05) is 0 Å². The van der Waals surface area contributed by atoms with E-state index in [9.17, 15) is 0 Å². The van der Waals surface area contributed by atoms with Gasteiger partial charge < -0.3 is 0 Å². The minimum absolute atomic E-state index is 0.542. The maximum atomic E-state index is 5.53. The van der Waals surface area contributed by atoms with Crippen molar-refractivity contribution in [1.29, 1.82) is 0 Å². The first kappa shape index (κ1) is 9.05. The van der Waals surface area contributed by atoms with Crippen LogP contribution in [0.15, 0.2) is 18.2 Å².